The molecule has 1 aromatic carbocycles. The number of likely N-dealkylation sites (tertiary alicyclic amines) is 3. The monoisotopic (exact) mass is 589 g/mol. The van der Waals surface area contributed by atoms with Gasteiger partial charge in [0.15, 0.2) is 0 Å². The third-order valence-electron chi connectivity index (χ3n) is 8.11. The number of rotatable bonds is 5. The van der Waals surface area contributed by atoms with Crippen molar-refractivity contribution in [2.75, 3.05) is 32.7 Å². The molecule has 3 fully saturated rings. The summed E-state index contributed by atoms with van der Waals surface area (Å²) in [6, 6.07) is 4.08. The Kier molecular flexibility index (Phi) is 8.89. The molecule has 0 bridgehead atoms. The van der Waals surface area contributed by atoms with Gasteiger partial charge in [0.1, 0.15) is 0 Å². The van der Waals surface area contributed by atoms with Gasteiger partial charge in [-0.1, -0.05) is 12.5 Å². The van der Waals surface area contributed by atoms with E-state index in [0.717, 1.165) is 49.7 Å². The highest BCUT2D eigenvalue weighted by Gasteiger charge is 2.60. The Morgan fingerprint density at radius 1 is 0.750 bits per heavy atom. The number of alkyl halides is 9. The van der Waals surface area contributed by atoms with Crippen LogP contribution in [-0.4, -0.2) is 77.5 Å². The highest BCUT2D eigenvalue weighted by molar-refractivity contribution is 5.68. The van der Waals surface area contributed by atoms with Gasteiger partial charge in [0.05, 0.1) is 5.56 Å². The summed E-state index contributed by atoms with van der Waals surface area (Å²) >= 11 is 0. The Morgan fingerprint density at radius 3 is 1.88 bits per heavy atom. The summed E-state index contributed by atoms with van der Waals surface area (Å²) in [5, 5.41) is 0. The van der Waals surface area contributed by atoms with Crippen molar-refractivity contribution in [2.45, 2.75) is 88.2 Å². The Balaban J connectivity index is 1.44. The van der Waals surface area contributed by atoms with E-state index < -0.39 is 41.8 Å². The van der Waals surface area contributed by atoms with Crippen LogP contribution in [-0.2, 0) is 24.0 Å². The van der Waals surface area contributed by atoms with E-state index in [2.05, 4.69) is 9.64 Å². The second-order valence-corrected chi connectivity index (χ2v) is 11.0. The largest absolute Gasteiger partial charge is 0.434 e. The number of hydrogen-bond donors (Lipinski definition) is 0. The minimum absolute atomic E-state index is 0.124. The van der Waals surface area contributed by atoms with Crippen molar-refractivity contribution in [3.63, 3.8) is 0 Å². The number of benzene rings is 1. The highest BCUT2D eigenvalue weighted by Crippen LogP contribution is 2.41. The van der Waals surface area contributed by atoms with E-state index >= 15 is 0 Å². The molecule has 0 N–H and O–H groups in total. The zero-order valence-corrected chi connectivity index (χ0v) is 21.8. The van der Waals surface area contributed by atoms with E-state index in [0.29, 0.717) is 30.6 Å². The Labute approximate surface area is 226 Å². The minimum atomic E-state index is -5.80. The molecule has 3 saturated heterocycles. The summed E-state index contributed by atoms with van der Waals surface area (Å²) in [5.41, 5.74) is -0.192. The van der Waals surface area contributed by atoms with Crippen molar-refractivity contribution < 1.29 is 49.0 Å². The van der Waals surface area contributed by atoms with Gasteiger partial charge in [-0.15, -0.1) is 0 Å². The zero-order valence-electron chi connectivity index (χ0n) is 21.8. The molecule has 3 aliphatic heterocycles. The average Bonchev–Trinajstić information content (AvgIpc) is 3.22. The number of carbonyl (C=O) groups is 1. The summed E-state index contributed by atoms with van der Waals surface area (Å²) in [5.74, 6) is 0. The molecule has 1 aromatic rings. The highest BCUT2D eigenvalue weighted by atomic mass is 19.4. The van der Waals surface area contributed by atoms with E-state index in [1.165, 1.54) is 6.07 Å². The van der Waals surface area contributed by atoms with Crippen molar-refractivity contribution in [1.82, 2.24) is 14.7 Å². The second kappa shape index (κ2) is 11.6. The average molecular weight is 590 g/mol. The molecule has 0 aliphatic carbocycles. The predicted molar refractivity (Wildman–Crippen MR) is 126 cm³/mol. The summed E-state index contributed by atoms with van der Waals surface area (Å²) < 4.78 is 122. The van der Waals surface area contributed by atoms with E-state index in [1.807, 2.05) is 4.90 Å². The maximum atomic E-state index is 13.7. The molecule has 3 aliphatic rings. The molecule has 4 rings (SSSR count). The lowest BCUT2D eigenvalue weighted by molar-refractivity contribution is -0.308. The summed E-state index contributed by atoms with van der Waals surface area (Å²) in [7, 11) is 0. The van der Waals surface area contributed by atoms with Crippen LogP contribution in [0.4, 0.5) is 44.3 Å². The summed E-state index contributed by atoms with van der Waals surface area (Å²) in [6.07, 6.45) is -17.0. The lowest BCUT2D eigenvalue weighted by atomic mass is 9.84. The van der Waals surface area contributed by atoms with Crippen LogP contribution in [0.15, 0.2) is 18.2 Å². The molecule has 3 heterocycles. The smallest absolute Gasteiger partial charge is 0.426 e. The molecule has 226 valence electrons. The maximum Gasteiger partial charge on any atom is 0.434 e. The van der Waals surface area contributed by atoms with Crippen LogP contribution in [0.25, 0.3) is 0 Å². The van der Waals surface area contributed by atoms with Crippen LogP contribution < -0.4 is 0 Å². The fourth-order valence-corrected chi connectivity index (χ4v) is 6.11. The molecule has 0 aromatic heterocycles. The number of piperidine rings is 2. The molecular formula is C26H32F9N3O2. The Bertz CT molecular complexity index is 1010. The van der Waals surface area contributed by atoms with E-state index in [4.69, 9.17) is 0 Å². The lowest BCUT2D eigenvalue weighted by Crippen LogP contribution is -2.54. The van der Waals surface area contributed by atoms with Gasteiger partial charge in [-0.25, -0.2) is 4.79 Å². The van der Waals surface area contributed by atoms with Crippen molar-refractivity contribution >= 4 is 6.09 Å². The molecule has 0 radical (unpaired) electrons. The Morgan fingerprint density at radius 2 is 1.32 bits per heavy atom. The van der Waals surface area contributed by atoms with Gasteiger partial charge < -0.3 is 9.64 Å². The number of ether oxygens (including phenoxy) is 1. The molecule has 5 nitrogen and oxygen atoms in total. The molecule has 1 spiro atoms. The third kappa shape index (κ3) is 7.34. The van der Waals surface area contributed by atoms with Gasteiger partial charge in [-0.2, -0.15) is 39.5 Å². The first-order valence-corrected chi connectivity index (χ1v) is 13.3. The van der Waals surface area contributed by atoms with E-state index in [9.17, 15) is 44.3 Å². The number of halogens is 9. The van der Waals surface area contributed by atoms with Crippen LogP contribution in [0.5, 0.6) is 0 Å². The summed E-state index contributed by atoms with van der Waals surface area (Å²) in [4.78, 5) is 17.2. The van der Waals surface area contributed by atoms with Crippen molar-refractivity contribution in [3.05, 3.63) is 34.9 Å². The van der Waals surface area contributed by atoms with Gasteiger partial charge in [-0.05, 0) is 81.4 Å². The van der Waals surface area contributed by atoms with Crippen molar-refractivity contribution in [3.8, 4) is 0 Å². The van der Waals surface area contributed by atoms with Gasteiger partial charge in [0, 0.05) is 31.7 Å². The standard InChI is InChI=1S/C26H32F9N3O2/c27-24(28,29)20-14-18(16-36-8-2-1-3-9-36)13-19(15-20)17-38-10-4-5-23(38)6-11-37(12-7-23)22(39)40-21(25(30,31)32)26(33,34)35/h13-15,21H,1-12,16-17H2. The third-order valence-corrected chi connectivity index (χ3v) is 8.11. The predicted octanol–water partition coefficient (Wildman–Crippen LogP) is 6.75. The topological polar surface area (TPSA) is 36.0 Å². The quantitative estimate of drug-likeness (QED) is 0.356. The first kappa shape index (κ1) is 30.7. The fourth-order valence-electron chi connectivity index (χ4n) is 6.11. The Hall–Kier alpha value is -2.22. The molecule has 14 heteroatoms. The first-order valence-electron chi connectivity index (χ1n) is 13.3. The van der Waals surface area contributed by atoms with Crippen molar-refractivity contribution in [2.24, 2.45) is 0 Å². The number of nitrogens with zero attached hydrogens (tertiary/aromatic N) is 3. The molecule has 0 saturated carbocycles. The van der Waals surface area contributed by atoms with Crippen LogP contribution in [0.2, 0.25) is 0 Å². The van der Waals surface area contributed by atoms with Gasteiger partial charge >= 0.3 is 24.6 Å². The maximum absolute atomic E-state index is 13.7. The SMILES string of the molecule is O=C(OC(C(F)(F)F)C(F)(F)F)N1CCC2(CCCN2Cc2cc(CN3CCCCC3)cc(C(F)(F)F)c2)CC1. The number of hydrogen-bond acceptors (Lipinski definition) is 4. The van der Waals surface area contributed by atoms with Crippen LogP contribution >= 0.6 is 0 Å². The molecular weight excluding hydrogens is 557 g/mol. The molecule has 0 atom stereocenters. The molecule has 40 heavy (non-hydrogen) atoms. The molecule has 0 unspecified atom stereocenters. The summed E-state index contributed by atoms with van der Waals surface area (Å²) in [6.45, 7) is 2.61. The van der Waals surface area contributed by atoms with E-state index in [-0.39, 0.29) is 32.5 Å². The zero-order chi connectivity index (χ0) is 29.3. The second-order valence-electron chi connectivity index (χ2n) is 11.0. The molecule has 1 amide bonds. The number of carbonyl (C=O) groups excluding carboxylic acids is 1. The number of amides is 1. The first-order chi connectivity index (χ1) is 18.6. The van der Waals surface area contributed by atoms with Crippen molar-refractivity contribution in [1.29, 1.82) is 0 Å². The minimum Gasteiger partial charge on any atom is -0.426 e. The van der Waals surface area contributed by atoms with Crippen LogP contribution in [0.3, 0.4) is 0 Å². The van der Waals surface area contributed by atoms with Crippen LogP contribution in [0, 0.1) is 0 Å². The van der Waals surface area contributed by atoms with Crippen LogP contribution in [0.1, 0.15) is 61.6 Å². The van der Waals surface area contributed by atoms with E-state index in [1.54, 1.807) is 6.07 Å². The van der Waals surface area contributed by atoms with Gasteiger partial charge in [-0.3, -0.25) is 9.80 Å². The fraction of sp³-hybridized carbons (Fsp3) is 0.731. The lowest BCUT2D eigenvalue weighted by Gasteiger charge is -2.45. The van der Waals surface area contributed by atoms with Gasteiger partial charge in [0.25, 0.3) is 6.10 Å². The van der Waals surface area contributed by atoms with Gasteiger partial charge in [0.2, 0.25) is 0 Å². The normalized spacial score (nSPS) is 21.4.